The minimum atomic E-state index is 0.137. The molecule has 0 fully saturated rings. The molecule has 4 nitrogen and oxygen atoms in total. The van der Waals surface area contributed by atoms with Crippen LogP contribution in [0.2, 0.25) is 0 Å². The predicted octanol–water partition coefficient (Wildman–Crippen LogP) is 6.22. The number of hydrogen-bond acceptors (Lipinski definition) is 4. The Morgan fingerprint density at radius 3 is 2.54 bits per heavy atom. The smallest absolute Gasteiger partial charge is 0.120 e. The number of hydrogen-bond donors (Lipinski definition) is 3. The molecule has 1 aliphatic carbocycles. The zero-order valence-corrected chi connectivity index (χ0v) is 21.7. The molecule has 0 radical (unpaired) electrons. The Morgan fingerprint density at radius 2 is 1.80 bits per heavy atom. The Balaban J connectivity index is 1.38. The molecule has 0 aromatic heterocycles. The maximum Gasteiger partial charge on any atom is 0.120 e. The lowest BCUT2D eigenvalue weighted by atomic mass is 9.79. The highest BCUT2D eigenvalue weighted by atomic mass is 16.5. The summed E-state index contributed by atoms with van der Waals surface area (Å²) in [5.74, 6) is 1.72. The second-order valence-electron chi connectivity index (χ2n) is 10.5. The number of benzene rings is 3. The molecule has 0 saturated carbocycles. The van der Waals surface area contributed by atoms with Crippen LogP contribution in [0.15, 0.2) is 60.7 Å². The van der Waals surface area contributed by atoms with Crippen LogP contribution in [0.25, 0.3) is 0 Å². The first kappa shape index (κ1) is 25.1. The van der Waals surface area contributed by atoms with E-state index in [9.17, 15) is 5.11 Å². The summed E-state index contributed by atoms with van der Waals surface area (Å²) in [5, 5.41) is 16.8. The van der Waals surface area contributed by atoms with Crippen LogP contribution in [0, 0.1) is 0 Å². The van der Waals surface area contributed by atoms with E-state index in [0.29, 0.717) is 11.7 Å². The summed E-state index contributed by atoms with van der Waals surface area (Å²) < 4.78 is 5.53. The Hall–Kier alpha value is -2.98. The molecule has 1 unspecified atom stereocenters. The van der Waals surface area contributed by atoms with Crippen molar-refractivity contribution in [3.63, 3.8) is 0 Å². The van der Waals surface area contributed by atoms with E-state index < -0.39 is 0 Å². The summed E-state index contributed by atoms with van der Waals surface area (Å²) in [6.45, 7) is 6.45. The van der Waals surface area contributed by atoms with E-state index in [1.165, 1.54) is 33.5 Å². The summed E-state index contributed by atoms with van der Waals surface area (Å²) >= 11 is 0. The van der Waals surface area contributed by atoms with Gasteiger partial charge in [0.2, 0.25) is 0 Å². The highest BCUT2D eigenvalue weighted by Gasteiger charge is 2.23. The van der Waals surface area contributed by atoms with E-state index in [0.717, 1.165) is 50.9 Å². The topological polar surface area (TPSA) is 53.5 Å². The Bertz CT molecular complexity index is 1120. The first-order valence-electron chi connectivity index (χ1n) is 12.9. The van der Waals surface area contributed by atoms with E-state index in [1.54, 1.807) is 7.11 Å². The Labute approximate surface area is 210 Å². The van der Waals surface area contributed by atoms with Crippen LogP contribution in [0.5, 0.6) is 11.5 Å². The maximum absolute atomic E-state index is 9.82. The number of aryl methyl sites for hydroxylation is 2. The fourth-order valence-electron chi connectivity index (χ4n) is 5.36. The fourth-order valence-corrected chi connectivity index (χ4v) is 5.36. The SMILES string of the molecule is CNCC(C)(C)c1ccc(CCCNc2cc(OC)ccc2C2CCc3cc(O)ccc3C2)cc1. The second-order valence-corrected chi connectivity index (χ2v) is 10.5. The summed E-state index contributed by atoms with van der Waals surface area (Å²) in [6, 6.07) is 21.4. The number of ether oxygens (including phenoxy) is 1. The molecule has 3 aromatic rings. The van der Waals surface area contributed by atoms with Crippen LogP contribution in [-0.2, 0) is 24.7 Å². The zero-order chi connectivity index (χ0) is 24.8. The van der Waals surface area contributed by atoms with Crippen LogP contribution in [0.4, 0.5) is 5.69 Å². The van der Waals surface area contributed by atoms with Crippen molar-refractivity contribution in [1.82, 2.24) is 5.32 Å². The molecule has 3 aromatic carbocycles. The molecule has 4 heteroatoms. The van der Waals surface area contributed by atoms with Gasteiger partial charge in [0.15, 0.2) is 0 Å². The van der Waals surface area contributed by atoms with E-state index in [-0.39, 0.29) is 5.41 Å². The maximum atomic E-state index is 9.82. The van der Waals surface area contributed by atoms with Gasteiger partial charge in [0.1, 0.15) is 11.5 Å². The molecule has 0 saturated heterocycles. The van der Waals surface area contributed by atoms with Crippen LogP contribution < -0.4 is 15.4 Å². The number of phenols is 1. The number of fused-ring (bicyclic) bond motifs is 1. The zero-order valence-electron chi connectivity index (χ0n) is 21.7. The van der Waals surface area contributed by atoms with Crippen molar-refractivity contribution in [2.75, 3.05) is 32.6 Å². The number of nitrogens with one attached hydrogen (secondary N) is 2. The number of likely N-dealkylation sites (N-methyl/N-ethyl adjacent to an activating group) is 1. The third kappa shape index (κ3) is 6.18. The van der Waals surface area contributed by atoms with Gasteiger partial charge in [-0.3, -0.25) is 0 Å². The highest BCUT2D eigenvalue weighted by Crippen LogP contribution is 2.38. The van der Waals surface area contributed by atoms with Gasteiger partial charge in [-0.05, 0) is 91.1 Å². The average molecular weight is 473 g/mol. The number of rotatable bonds is 10. The third-order valence-electron chi connectivity index (χ3n) is 7.43. The minimum absolute atomic E-state index is 0.137. The van der Waals surface area contributed by atoms with Crippen LogP contribution in [-0.4, -0.2) is 32.4 Å². The molecule has 3 N–H and O–H groups in total. The van der Waals surface area contributed by atoms with Crippen molar-refractivity contribution in [3.8, 4) is 11.5 Å². The van der Waals surface area contributed by atoms with Gasteiger partial charge in [-0.1, -0.05) is 50.2 Å². The molecule has 1 aliphatic rings. The van der Waals surface area contributed by atoms with E-state index in [4.69, 9.17) is 4.74 Å². The minimum Gasteiger partial charge on any atom is -0.508 e. The van der Waals surface area contributed by atoms with Gasteiger partial charge in [0, 0.05) is 30.3 Å². The highest BCUT2D eigenvalue weighted by molar-refractivity contribution is 5.57. The molecule has 0 bridgehead atoms. The van der Waals surface area contributed by atoms with Gasteiger partial charge in [-0.15, -0.1) is 0 Å². The monoisotopic (exact) mass is 472 g/mol. The van der Waals surface area contributed by atoms with Gasteiger partial charge >= 0.3 is 0 Å². The normalized spacial score (nSPS) is 15.5. The van der Waals surface area contributed by atoms with Crippen molar-refractivity contribution in [2.45, 2.75) is 57.3 Å². The number of methoxy groups -OCH3 is 1. The van der Waals surface area contributed by atoms with Crippen molar-refractivity contribution in [1.29, 1.82) is 0 Å². The van der Waals surface area contributed by atoms with Gasteiger partial charge < -0.3 is 20.5 Å². The van der Waals surface area contributed by atoms with Crippen molar-refractivity contribution < 1.29 is 9.84 Å². The van der Waals surface area contributed by atoms with Crippen molar-refractivity contribution in [3.05, 3.63) is 88.5 Å². The first-order chi connectivity index (χ1) is 16.9. The van der Waals surface area contributed by atoms with Crippen LogP contribution >= 0.6 is 0 Å². The number of anilines is 1. The molecule has 35 heavy (non-hydrogen) atoms. The van der Waals surface area contributed by atoms with Crippen LogP contribution in [0.3, 0.4) is 0 Å². The Morgan fingerprint density at radius 1 is 1.00 bits per heavy atom. The van der Waals surface area contributed by atoms with Gasteiger partial charge in [-0.25, -0.2) is 0 Å². The Kier molecular flexibility index (Phi) is 8.02. The van der Waals surface area contributed by atoms with Crippen molar-refractivity contribution >= 4 is 5.69 Å². The third-order valence-corrected chi connectivity index (χ3v) is 7.43. The molecule has 0 aliphatic heterocycles. The number of phenolic OH excluding ortho intramolecular Hbond substituents is 1. The summed E-state index contributed by atoms with van der Waals surface area (Å²) in [6.07, 6.45) is 5.23. The molecule has 1 atom stereocenters. The average Bonchev–Trinajstić information content (AvgIpc) is 2.86. The molecule has 0 amide bonds. The molecular formula is C31H40N2O2. The molecule has 0 spiro atoms. The van der Waals surface area contributed by atoms with Crippen LogP contribution in [0.1, 0.15) is 60.4 Å². The van der Waals surface area contributed by atoms with E-state index in [2.05, 4.69) is 73.0 Å². The van der Waals surface area contributed by atoms with Gasteiger partial charge in [0.25, 0.3) is 0 Å². The fraction of sp³-hybridized carbons (Fsp3) is 0.419. The largest absolute Gasteiger partial charge is 0.508 e. The molecule has 4 rings (SSSR count). The molecular weight excluding hydrogens is 432 g/mol. The van der Waals surface area contributed by atoms with Gasteiger partial charge in [0.05, 0.1) is 7.11 Å². The number of aromatic hydroxyl groups is 1. The second kappa shape index (κ2) is 11.2. The van der Waals surface area contributed by atoms with Gasteiger partial charge in [-0.2, -0.15) is 0 Å². The summed E-state index contributed by atoms with van der Waals surface area (Å²) in [5.41, 5.74) is 8.07. The lowest BCUT2D eigenvalue weighted by Gasteiger charge is -2.27. The summed E-state index contributed by atoms with van der Waals surface area (Å²) in [4.78, 5) is 0. The molecule has 186 valence electrons. The standard InChI is InChI=1S/C31H40N2O2/c1-31(2,21-32-3)26-12-7-22(8-13-26)6-5-17-33-30-20-28(35-4)15-16-29(30)25-10-9-24-19-27(34)14-11-23(24)18-25/h7-8,11-16,19-20,25,32-34H,5-6,9-10,17-18,21H2,1-4H3. The quantitative estimate of drug-likeness (QED) is 0.307. The molecule has 0 heterocycles. The van der Waals surface area contributed by atoms with E-state index >= 15 is 0 Å². The summed E-state index contributed by atoms with van der Waals surface area (Å²) in [7, 11) is 3.74. The van der Waals surface area contributed by atoms with E-state index in [1.807, 2.05) is 19.2 Å². The lowest BCUT2D eigenvalue weighted by molar-refractivity contribution is 0.414. The lowest BCUT2D eigenvalue weighted by Crippen LogP contribution is -2.30. The predicted molar refractivity (Wildman–Crippen MR) is 146 cm³/mol. The first-order valence-corrected chi connectivity index (χ1v) is 12.9. The van der Waals surface area contributed by atoms with Crippen molar-refractivity contribution in [2.24, 2.45) is 0 Å².